The molecule has 0 aromatic rings. The van der Waals surface area contributed by atoms with Crippen molar-refractivity contribution in [1.82, 2.24) is 10.2 Å². The Morgan fingerprint density at radius 3 is 2.47 bits per heavy atom. The Bertz CT molecular complexity index is 183. The minimum Gasteiger partial charge on any atom is -0.315 e. The molecular weight excluding hydrogens is 184 g/mol. The van der Waals surface area contributed by atoms with Crippen molar-refractivity contribution in [3.8, 4) is 0 Å². The maximum atomic E-state index is 3.59. The van der Waals surface area contributed by atoms with E-state index in [4.69, 9.17) is 0 Å². The topological polar surface area (TPSA) is 15.3 Å². The van der Waals surface area contributed by atoms with Crippen LogP contribution in [0, 0.1) is 11.8 Å². The average Bonchev–Trinajstić information content (AvgIpc) is 3.01. The molecule has 0 aromatic heterocycles. The zero-order valence-electron chi connectivity index (χ0n) is 10.3. The predicted octanol–water partition coefficient (Wildman–Crippen LogP) is 2.11. The second-order valence-corrected chi connectivity index (χ2v) is 5.77. The van der Waals surface area contributed by atoms with Crippen molar-refractivity contribution in [3.05, 3.63) is 0 Å². The highest BCUT2D eigenvalue weighted by molar-refractivity contribution is 4.85. The normalized spacial score (nSPS) is 21.6. The summed E-state index contributed by atoms with van der Waals surface area (Å²) in [6, 6.07) is 0.926. The molecule has 0 heterocycles. The highest BCUT2D eigenvalue weighted by Crippen LogP contribution is 2.28. The number of nitrogens with one attached hydrogen (secondary N) is 1. The largest absolute Gasteiger partial charge is 0.315 e. The Morgan fingerprint density at radius 1 is 1.20 bits per heavy atom. The second kappa shape index (κ2) is 5.31. The van der Waals surface area contributed by atoms with Crippen molar-refractivity contribution in [1.29, 1.82) is 0 Å². The van der Waals surface area contributed by atoms with Crippen LogP contribution in [0.3, 0.4) is 0 Å². The Labute approximate surface area is 94.4 Å². The van der Waals surface area contributed by atoms with Crippen LogP contribution < -0.4 is 5.32 Å². The smallest absolute Gasteiger partial charge is 0.0110 e. The highest BCUT2D eigenvalue weighted by atomic mass is 15.2. The Morgan fingerprint density at radius 2 is 1.93 bits per heavy atom. The lowest BCUT2D eigenvalue weighted by molar-refractivity contribution is 0.234. The molecule has 2 heteroatoms. The third kappa shape index (κ3) is 4.52. The zero-order chi connectivity index (χ0) is 10.7. The summed E-state index contributed by atoms with van der Waals surface area (Å²) in [6.45, 7) is 9.66. The Kier molecular flexibility index (Phi) is 4.04. The van der Waals surface area contributed by atoms with Gasteiger partial charge in [-0.15, -0.1) is 0 Å². The number of hydrogen-bond acceptors (Lipinski definition) is 2. The first kappa shape index (κ1) is 11.4. The van der Waals surface area contributed by atoms with Gasteiger partial charge < -0.3 is 5.32 Å². The van der Waals surface area contributed by atoms with Crippen molar-refractivity contribution in [2.24, 2.45) is 11.8 Å². The maximum absolute atomic E-state index is 3.59. The van der Waals surface area contributed by atoms with E-state index < -0.39 is 0 Å². The van der Waals surface area contributed by atoms with Crippen LogP contribution in [-0.2, 0) is 0 Å². The Balaban J connectivity index is 1.55. The quantitative estimate of drug-likeness (QED) is 0.617. The van der Waals surface area contributed by atoms with E-state index in [0.29, 0.717) is 0 Å². The van der Waals surface area contributed by atoms with Crippen molar-refractivity contribution in [3.63, 3.8) is 0 Å². The number of nitrogens with zero attached hydrogens (tertiary/aromatic N) is 1. The summed E-state index contributed by atoms with van der Waals surface area (Å²) in [5.41, 5.74) is 0. The van der Waals surface area contributed by atoms with Gasteiger partial charge in [0.25, 0.3) is 0 Å². The molecule has 0 amide bonds. The summed E-state index contributed by atoms with van der Waals surface area (Å²) in [5, 5.41) is 3.59. The first-order valence-corrected chi connectivity index (χ1v) is 6.70. The van der Waals surface area contributed by atoms with Gasteiger partial charge in [-0.2, -0.15) is 0 Å². The van der Waals surface area contributed by atoms with Gasteiger partial charge in [-0.3, -0.25) is 4.90 Å². The van der Waals surface area contributed by atoms with Gasteiger partial charge >= 0.3 is 0 Å². The first-order chi connectivity index (χ1) is 7.25. The highest BCUT2D eigenvalue weighted by Gasteiger charge is 2.28. The van der Waals surface area contributed by atoms with E-state index in [2.05, 4.69) is 24.1 Å². The van der Waals surface area contributed by atoms with Crippen LogP contribution in [0.4, 0.5) is 0 Å². The van der Waals surface area contributed by atoms with Crippen LogP contribution in [-0.4, -0.2) is 37.1 Å². The van der Waals surface area contributed by atoms with Gasteiger partial charge in [0, 0.05) is 25.7 Å². The predicted molar refractivity (Wildman–Crippen MR) is 65.0 cm³/mol. The van der Waals surface area contributed by atoms with E-state index in [1.165, 1.54) is 51.9 Å². The molecule has 0 spiro atoms. The maximum Gasteiger partial charge on any atom is 0.0110 e. The molecule has 0 radical (unpaired) electrons. The third-order valence-electron chi connectivity index (χ3n) is 3.37. The van der Waals surface area contributed by atoms with Gasteiger partial charge in [-0.25, -0.2) is 0 Å². The summed E-state index contributed by atoms with van der Waals surface area (Å²) in [5.74, 6) is 1.83. The molecule has 15 heavy (non-hydrogen) atoms. The molecule has 0 bridgehead atoms. The molecule has 2 aliphatic rings. The molecule has 2 nitrogen and oxygen atoms in total. The van der Waals surface area contributed by atoms with Crippen molar-refractivity contribution < 1.29 is 0 Å². The molecule has 1 N–H and O–H groups in total. The van der Waals surface area contributed by atoms with E-state index >= 15 is 0 Å². The van der Waals surface area contributed by atoms with Crippen molar-refractivity contribution >= 4 is 0 Å². The lowest BCUT2D eigenvalue weighted by atomic mass is 10.2. The lowest BCUT2D eigenvalue weighted by Crippen LogP contribution is -2.36. The molecule has 0 saturated heterocycles. The fraction of sp³-hybridized carbons (Fsp3) is 1.00. The summed E-state index contributed by atoms with van der Waals surface area (Å²) >= 11 is 0. The molecule has 0 aromatic carbocycles. The van der Waals surface area contributed by atoms with Gasteiger partial charge in [-0.05, 0) is 44.1 Å². The summed E-state index contributed by atoms with van der Waals surface area (Å²) in [4.78, 5) is 2.69. The first-order valence-electron chi connectivity index (χ1n) is 6.70. The van der Waals surface area contributed by atoms with Crippen molar-refractivity contribution in [2.45, 2.75) is 45.6 Å². The SMILES string of the molecule is CC(C)CN(CCNCC1CC1)C1CC1. The second-order valence-electron chi connectivity index (χ2n) is 5.77. The molecule has 2 fully saturated rings. The summed E-state index contributed by atoms with van der Waals surface area (Å²) in [7, 11) is 0. The van der Waals surface area contributed by atoms with Crippen LogP contribution in [0.2, 0.25) is 0 Å². The third-order valence-corrected chi connectivity index (χ3v) is 3.37. The molecular formula is C13H26N2. The number of rotatable bonds is 8. The fourth-order valence-corrected chi connectivity index (χ4v) is 2.18. The monoisotopic (exact) mass is 210 g/mol. The minimum atomic E-state index is 0.814. The molecule has 0 aliphatic heterocycles. The Hall–Kier alpha value is -0.0800. The van der Waals surface area contributed by atoms with Crippen LogP contribution in [0.5, 0.6) is 0 Å². The zero-order valence-corrected chi connectivity index (χ0v) is 10.3. The van der Waals surface area contributed by atoms with Crippen LogP contribution in [0.1, 0.15) is 39.5 Å². The van der Waals surface area contributed by atoms with Crippen LogP contribution >= 0.6 is 0 Å². The van der Waals surface area contributed by atoms with Crippen LogP contribution in [0.15, 0.2) is 0 Å². The molecule has 0 atom stereocenters. The molecule has 2 saturated carbocycles. The molecule has 88 valence electrons. The lowest BCUT2D eigenvalue weighted by Gasteiger charge is -2.24. The van der Waals surface area contributed by atoms with Gasteiger partial charge in [-0.1, -0.05) is 13.8 Å². The van der Waals surface area contributed by atoms with E-state index in [9.17, 15) is 0 Å². The molecule has 2 rings (SSSR count). The van der Waals surface area contributed by atoms with E-state index in [1.54, 1.807) is 0 Å². The summed E-state index contributed by atoms with van der Waals surface area (Å²) in [6.07, 6.45) is 5.81. The molecule has 0 unspecified atom stereocenters. The standard InChI is InChI=1S/C13H26N2/c1-11(2)10-15(13-5-6-13)8-7-14-9-12-3-4-12/h11-14H,3-10H2,1-2H3. The van der Waals surface area contributed by atoms with E-state index in [0.717, 1.165) is 17.9 Å². The summed E-state index contributed by atoms with van der Waals surface area (Å²) < 4.78 is 0. The fourth-order valence-electron chi connectivity index (χ4n) is 2.18. The van der Waals surface area contributed by atoms with E-state index in [1.807, 2.05) is 0 Å². The van der Waals surface area contributed by atoms with Gasteiger partial charge in [0.05, 0.1) is 0 Å². The van der Waals surface area contributed by atoms with E-state index in [-0.39, 0.29) is 0 Å². The van der Waals surface area contributed by atoms with Gasteiger partial charge in [0.15, 0.2) is 0 Å². The van der Waals surface area contributed by atoms with Crippen molar-refractivity contribution in [2.75, 3.05) is 26.2 Å². The minimum absolute atomic E-state index is 0.814. The molecule has 2 aliphatic carbocycles. The average molecular weight is 210 g/mol. The van der Waals surface area contributed by atoms with Gasteiger partial charge in [0.1, 0.15) is 0 Å². The van der Waals surface area contributed by atoms with Crippen LogP contribution in [0.25, 0.3) is 0 Å². The van der Waals surface area contributed by atoms with Gasteiger partial charge in [0.2, 0.25) is 0 Å². The number of hydrogen-bond donors (Lipinski definition) is 1.